The molecule has 0 aliphatic rings. The number of carbonyl (C=O) groups excluding carboxylic acids is 2. The van der Waals surface area contributed by atoms with Crippen molar-refractivity contribution >= 4 is 39.1 Å². The number of hydrogen-bond acceptors (Lipinski definition) is 4. The summed E-state index contributed by atoms with van der Waals surface area (Å²) < 4.78 is 29.0. The summed E-state index contributed by atoms with van der Waals surface area (Å²) in [6, 6.07) is 19.8. The number of hydrogen-bond donors (Lipinski definition) is 1. The minimum Gasteiger partial charge on any atom is -0.354 e. The Morgan fingerprint density at radius 3 is 2.20 bits per heavy atom. The van der Waals surface area contributed by atoms with Crippen molar-refractivity contribution in [1.82, 2.24) is 10.2 Å². The van der Waals surface area contributed by atoms with Gasteiger partial charge in [-0.1, -0.05) is 80.4 Å². The van der Waals surface area contributed by atoms with Crippen LogP contribution in [0.5, 0.6) is 0 Å². The van der Waals surface area contributed by atoms with Gasteiger partial charge in [-0.25, -0.2) is 8.42 Å². The van der Waals surface area contributed by atoms with Crippen LogP contribution in [0.25, 0.3) is 0 Å². The van der Waals surface area contributed by atoms with Crippen LogP contribution in [0.2, 0.25) is 5.02 Å². The summed E-state index contributed by atoms with van der Waals surface area (Å²) in [4.78, 5) is 28.9. The van der Waals surface area contributed by atoms with E-state index < -0.39 is 28.5 Å². The highest BCUT2D eigenvalue weighted by atomic mass is 35.5. The van der Waals surface area contributed by atoms with E-state index in [1.807, 2.05) is 46.8 Å². The molecule has 0 saturated carbocycles. The van der Waals surface area contributed by atoms with Crippen LogP contribution in [0, 0.1) is 19.8 Å². The number of nitrogens with zero attached hydrogens (tertiary/aromatic N) is 2. The lowest BCUT2D eigenvalue weighted by molar-refractivity contribution is -0.140. The molecule has 0 unspecified atom stereocenters. The van der Waals surface area contributed by atoms with Gasteiger partial charge in [0, 0.05) is 18.1 Å². The van der Waals surface area contributed by atoms with Crippen LogP contribution in [0.15, 0.2) is 77.7 Å². The van der Waals surface area contributed by atoms with Gasteiger partial charge in [-0.3, -0.25) is 13.9 Å². The van der Waals surface area contributed by atoms with Crippen LogP contribution in [0.1, 0.15) is 43.9 Å². The molecule has 2 amide bonds. The Kier molecular flexibility index (Phi) is 10.8. The van der Waals surface area contributed by atoms with Crippen LogP contribution in [0.3, 0.4) is 0 Å². The second kappa shape index (κ2) is 13.8. The third-order valence-corrected chi connectivity index (χ3v) is 8.70. The van der Waals surface area contributed by atoms with E-state index in [0.717, 1.165) is 15.4 Å². The van der Waals surface area contributed by atoms with Crippen LogP contribution in [0.4, 0.5) is 5.69 Å². The molecule has 3 rings (SSSR count). The molecule has 7 nitrogen and oxygen atoms in total. The van der Waals surface area contributed by atoms with Crippen molar-refractivity contribution in [1.29, 1.82) is 0 Å². The van der Waals surface area contributed by atoms with Crippen LogP contribution >= 0.6 is 11.6 Å². The molecule has 1 atom stereocenters. The Labute approximate surface area is 243 Å². The highest BCUT2D eigenvalue weighted by molar-refractivity contribution is 7.92. The predicted octanol–water partition coefficient (Wildman–Crippen LogP) is 5.73. The molecular weight excluding hydrogens is 546 g/mol. The molecule has 0 saturated heterocycles. The summed E-state index contributed by atoms with van der Waals surface area (Å²) in [5, 5.41) is 3.38. The smallest absolute Gasteiger partial charge is 0.264 e. The lowest BCUT2D eigenvalue weighted by atomic mass is 10.1. The number of aryl methyl sites for hydroxylation is 2. The third-order valence-electron chi connectivity index (χ3n) is 6.55. The standard InChI is InChI=1S/C31H38ClN3O4S/c1-6-29(31(37)33-19-22(2)3)34(20-25-11-7-8-13-28(25)32)30(36)21-35(26-12-9-10-24(5)18-26)40(38,39)27-16-14-23(4)15-17-27/h7-18,22,29H,6,19-21H2,1-5H3,(H,33,37)/t29-/m1/s1. The summed E-state index contributed by atoms with van der Waals surface area (Å²) >= 11 is 6.44. The summed E-state index contributed by atoms with van der Waals surface area (Å²) in [6.07, 6.45) is 0.343. The summed E-state index contributed by atoms with van der Waals surface area (Å²) in [7, 11) is -4.11. The van der Waals surface area contributed by atoms with Gasteiger partial charge in [-0.15, -0.1) is 0 Å². The topological polar surface area (TPSA) is 86.8 Å². The number of halogens is 1. The molecule has 214 valence electrons. The molecule has 0 aromatic heterocycles. The van der Waals surface area contributed by atoms with Crippen molar-refractivity contribution in [3.8, 4) is 0 Å². The second-order valence-corrected chi connectivity index (χ2v) is 12.6. The number of amides is 2. The number of sulfonamides is 1. The normalized spacial score (nSPS) is 12.2. The maximum Gasteiger partial charge on any atom is 0.264 e. The minimum atomic E-state index is -4.11. The molecule has 0 aliphatic carbocycles. The van der Waals surface area contributed by atoms with Crippen LogP contribution in [-0.4, -0.2) is 44.3 Å². The maximum atomic E-state index is 14.1. The monoisotopic (exact) mass is 583 g/mol. The Bertz CT molecular complexity index is 1420. The first-order valence-corrected chi connectivity index (χ1v) is 15.2. The molecule has 0 spiro atoms. The molecule has 0 fully saturated rings. The molecule has 3 aromatic carbocycles. The van der Waals surface area contributed by atoms with Crippen molar-refractivity contribution in [3.63, 3.8) is 0 Å². The molecule has 0 aliphatic heterocycles. The van der Waals surface area contributed by atoms with Gasteiger partial charge in [-0.2, -0.15) is 0 Å². The summed E-state index contributed by atoms with van der Waals surface area (Å²) in [5.41, 5.74) is 2.79. The quantitative estimate of drug-likeness (QED) is 0.295. The Morgan fingerprint density at radius 2 is 1.60 bits per heavy atom. The zero-order valence-electron chi connectivity index (χ0n) is 23.7. The van der Waals surface area contributed by atoms with E-state index in [1.165, 1.54) is 17.0 Å². The molecule has 0 heterocycles. The van der Waals surface area contributed by atoms with Crippen molar-refractivity contribution < 1.29 is 18.0 Å². The second-order valence-electron chi connectivity index (χ2n) is 10.3. The Morgan fingerprint density at radius 1 is 0.925 bits per heavy atom. The Balaban J connectivity index is 2.06. The zero-order chi connectivity index (χ0) is 29.4. The van der Waals surface area contributed by atoms with Crippen molar-refractivity contribution in [3.05, 3.63) is 94.5 Å². The third kappa shape index (κ3) is 7.86. The number of carbonyl (C=O) groups is 2. The van der Waals surface area contributed by atoms with E-state index in [0.29, 0.717) is 29.2 Å². The van der Waals surface area contributed by atoms with Gasteiger partial charge in [0.2, 0.25) is 11.8 Å². The van der Waals surface area contributed by atoms with Crippen molar-refractivity contribution in [2.24, 2.45) is 5.92 Å². The molecule has 0 radical (unpaired) electrons. The number of rotatable bonds is 12. The minimum absolute atomic E-state index is 0.0539. The van der Waals surface area contributed by atoms with Gasteiger partial charge in [-0.05, 0) is 67.6 Å². The molecule has 40 heavy (non-hydrogen) atoms. The first-order chi connectivity index (χ1) is 18.9. The average Bonchev–Trinajstić information content (AvgIpc) is 2.91. The molecule has 1 N–H and O–H groups in total. The number of anilines is 1. The predicted molar refractivity (Wildman–Crippen MR) is 161 cm³/mol. The van der Waals surface area contributed by atoms with E-state index in [2.05, 4.69) is 5.32 Å². The zero-order valence-corrected chi connectivity index (χ0v) is 25.3. The first-order valence-electron chi connectivity index (χ1n) is 13.4. The lowest BCUT2D eigenvalue weighted by Crippen LogP contribution is -2.52. The molecule has 3 aromatic rings. The van der Waals surface area contributed by atoms with E-state index in [1.54, 1.807) is 48.5 Å². The van der Waals surface area contributed by atoms with E-state index >= 15 is 0 Å². The molecular formula is C31H38ClN3O4S. The van der Waals surface area contributed by atoms with Gasteiger partial charge in [0.15, 0.2) is 0 Å². The fourth-order valence-corrected chi connectivity index (χ4v) is 5.90. The maximum absolute atomic E-state index is 14.1. The number of benzene rings is 3. The lowest BCUT2D eigenvalue weighted by Gasteiger charge is -2.33. The van der Waals surface area contributed by atoms with E-state index in [4.69, 9.17) is 11.6 Å². The fourth-order valence-electron chi connectivity index (χ4n) is 4.30. The first kappa shape index (κ1) is 31.2. The summed E-state index contributed by atoms with van der Waals surface area (Å²) in [6.45, 7) is 9.57. The van der Waals surface area contributed by atoms with Crippen molar-refractivity contribution in [2.75, 3.05) is 17.4 Å². The van der Waals surface area contributed by atoms with Gasteiger partial charge >= 0.3 is 0 Å². The SMILES string of the molecule is CC[C@H](C(=O)NCC(C)C)N(Cc1ccccc1Cl)C(=O)CN(c1cccc(C)c1)S(=O)(=O)c1ccc(C)cc1. The van der Waals surface area contributed by atoms with Crippen molar-refractivity contribution in [2.45, 2.75) is 58.5 Å². The van der Waals surface area contributed by atoms with Crippen LogP contribution in [-0.2, 0) is 26.2 Å². The Hall–Kier alpha value is -3.36. The average molecular weight is 584 g/mol. The highest BCUT2D eigenvalue weighted by Crippen LogP contribution is 2.26. The summed E-state index contributed by atoms with van der Waals surface area (Å²) in [5.74, 6) is -0.575. The van der Waals surface area contributed by atoms with Gasteiger partial charge < -0.3 is 10.2 Å². The van der Waals surface area contributed by atoms with Gasteiger partial charge in [0.1, 0.15) is 12.6 Å². The highest BCUT2D eigenvalue weighted by Gasteiger charge is 2.34. The van der Waals surface area contributed by atoms with Crippen LogP contribution < -0.4 is 9.62 Å². The van der Waals surface area contributed by atoms with Gasteiger partial charge in [0.25, 0.3) is 10.0 Å². The molecule has 0 bridgehead atoms. The largest absolute Gasteiger partial charge is 0.354 e. The molecule has 9 heteroatoms. The van der Waals surface area contributed by atoms with E-state index in [9.17, 15) is 18.0 Å². The van der Waals surface area contributed by atoms with Gasteiger partial charge in [0.05, 0.1) is 10.6 Å². The fraction of sp³-hybridized carbons (Fsp3) is 0.355. The number of nitrogens with one attached hydrogen (secondary N) is 1. The van der Waals surface area contributed by atoms with E-state index in [-0.39, 0.29) is 23.3 Å².